The summed E-state index contributed by atoms with van der Waals surface area (Å²) in [6.07, 6.45) is 2.87. The molecule has 0 aliphatic heterocycles. The summed E-state index contributed by atoms with van der Waals surface area (Å²) in [5.41, 5.74) is 5.92. The van der Waals surface area contributed by atoms with Gasteiger partial charge in [-0.1, -0.05) is 68.8 Å². The van der Waals surface area contributed by atoms with E-state index in [2.05, 4.69) is 58.0 Å². The zero-order valence-corrected chi connectivity index (χ0v) is 13.4. The lowest BCUT2D eigenvalue weighted by Gasteiger charge is -2.24. The zero-order chi connectivity index (χ0) is 15.5. The van der Waals surface area contributed by atoms with Crippen LogP contribution in [0.1, 0.15) is 59.8 Å². The number of benzene rings is 2. The van der Waals surface area contributed by atoms with E-state index in [0.717, 1.165) is 30.3 Å². The first-order valence-electron chi connectivity index (χ1n) is 7.60. The highest BCUT2D eigenvalue weighted by Crippen LogP contribution is 2.28. The van der Waals surface area contributed by atoms with Crippen LogP contribution in [-0.2, 0) is 11.8 Å². The lowest BCUT2D eigenvalue weighted by Crippen LogP contribution is -2.15. The number of rotatable bonds is 5. The summed E-state index contributed by atoms with van der Waals surface area (Å²) in [5, 5.41) is 0. The van der Waals surface area contributed by atoms with Crippen LogP contribution in [0.5, 0.6) is 0 Å². The van der Waals surface area contributed by atoms with Gasteiger partial charge in [-0.2, -0.15) is 0 Å². The number of carbonyl (C=O) groups excluding carboxylic acids is 1. The van der Waals surface area contributed by atoms with Crippen molar-refractivity contribution >= 4 is 6.29 Å². The molecule has 0 saturated heterocycles. The van der Waals surface area contributed by atoms with Crippen molar-refractivity contribution in [2.45, 2.75) is 46.0 Å². The number of hydrogen-bond donors (Lipinski definition) is 0. The van der Waals surface area contributed by atoms with Crippen molar-refractivity contribution in [1.29, 1.82) is 0 Å². The van der Waals surface area contributed by atoms with E-state index in [9.17, 15) is 4.79 Å². The second-order valence-corrected chi connectivity index (χ2v) is 6.43. The molecule has 2 aromatic carbocycles. The minimum Gasteiger partial charge on any atom is -0.298 e. The van der Waals surface area contributed by atoms with Crippen molar-refractivity contribution in [3.05, 3.63) is 70.3 Å². The van der Waals surface area contributed by atoms with Crippen LogP contribution in [0.4, 0.5) is 0 Å². The minimum absolute atomic E-state index is 0.191. The SMILES string of the molecule is CCC(C)(C)c1cccc(Cc2cc(C)ccc2C=O)c1. The quantitative estimate of drug-likeness (QED) is 0.697. The molecule has 21 heavy (non-hydrogen) atoms. The Labute approximate surface area is 128 Å². The monoisotopic (exact) mass is 280 g/mol. The molecule has 0 heterocycles. The number of hydrogen-bond acceptors (Lipinski definition) is 1. The molecule has 0 aliphatic rings. The maximum absolute atomic E-state index is 11.2. The fourth-order valence-corrected chi connectivity index (χ4v) is 2.53. The Bertz CT molecular complexity index is 638. The summed E-state index contributed by atoms with van der Waals surface area (Å²) >= 11 is 0. The van der Waals surface area contributed by atoms with E-state index in [4.69, 9.17) is 0 Å². The van der Waals surface area contributed by atoms with E-state index in [0.29, 0.717) is 0 Å². The third-order valence-electron chi connectivity index (χ3n) is 4.41. The molecule has 110 valence electrons. The fraction of sp³-hybridized carbons (Fsp3) is 0.350. The van der Waals surface area contributed by atoms with Crippen LogP contribution in [0.25, 0.3) is 0 Å². The summed E-state index contributed by atoms with van der Waals surface area (Å²) in [6, 6.07) is 14.8. The Balaban J connectivity index is 2.35. The van der Waals surface area contributed by atoms with Gasteiger partial charge in [0.2, 0.25) is 0 Å². The Morgan fingerprint density at radius 1 is 1.10 bits per heavy atom. The van der Waals surface area contributed by atoms with Gasteiger partial charge in [0.15, 0.2) is 0 Å². The maximum Gasteiger partial charge on any atom is 0.150 e. The van der Waals surface area contributed by atoms with Gasteiger partial charge < -0.3 is 0 Å². The molecule has 2 rings (SSSR count). The van der Waals surface area contributed by atoms with Crippen molar-refractivity contribution in [2.24, 2.45) is 0 Å². The van der Waals surface area contributed by atoms with Gasteiger partial charge in [-0.15, -0.1) is 0 Å². The number of aryl methyl sites for hydroxylation is 1. The lowest BCUT2D eigenvalue weighted by atomic mass is 9.81. The summed E-state index contributed by atoms with van der Waals surface area (Å²) in [5.74, 6) is 0. The first kappa shape index (κ1) is 15.5. The van der Waals surface area contributed by atoms with Crippen LogP contribution in [0, 0.1) is 6.92 Å². The van der Waals surface area contributed by atoms with Gasteiger partial charge in [-0.25, -0.2) is 0 Å². The van der Waals surface area contributed by atoms with Crippen LogP contribution in [0.2, 0.25) is 0 Å². The predicted molar refractivity (Wildman–Crippen MR) is 89.1 cm³/mol. The molecule has 0 aliphatic carbocycles. The third-order valence-corrected chi connectivity index (χ3v) is 4.41. The fourth-order valence-electron chi connectivity index (χ4n) is 2.53. The molecule has 0 atom stereocenters. The number of carbonyl (C=O) groups is 1. The highest BCUT2D eigenvalue weighted by atomic mass is 16.1. The topological polar surface area (TPSA) is 17.1 Å². The summed E-state index contributed by atoms with van der Waals surface area (Å²) in [6.45, 7) is 8.83. The van der Waals surface area contributed by atoms with Gasteiger partial charge in [-0.05, 0) is 41.9 Å². The minimum atomic E-state index is 0.191. The Kier molecular flexibility index (Phi) is 4.62. The molecule has 1 heteroatoms. The molecule has 0 fully saturated rings. The van der Waals surface area contributed by atoms with Crippen molar-refractivity contribution in [3.63, 3.8) is 0 Å². The highest BCUT2D eigenvalue weighted by molar-refractivity contribution is 5.77. The first-order chi connectivity index (χ1) is 9.96. The van der Waals surface area contributed by atoms with Crippen LogP contribution in [-0.4, -0.2) is 6.29 Å². The molecule has 0 saturated carbocycles. The second-order valence-electron chi connectivity index (χ2n) is 6.43. The van der Waals surface area contributed by atoms with Crippen molar-refractivity contribution in [2.75, 3.05) is 0 Å². The van der Waals surface area contributed by atoms with E-state index in [-0.39, 0.29) is 5.41 Å². The molecule has 0 radical (unpaired) electrons. The Morgan fingerprint density at radius 2 is 1.86 bits per heavy atom. The summed E-state index contributed by atoms with van der Waals surface area (Å²) in [4.78, 5) is 11.2. The van der Waals surface area contributed by atoms with Gasteiger partial charge in [-0.3, -0.25) is 4.79 Å². The largest absolute Gasteiger partial charge is 0.298 e. The van der Waals surface area contributed by atoms with Gasteiger partial charge in [0, 0.05) is 5.56 Å². The molecule has 0 spiro atoms. The average Bonchev–Trinajstić information content (AvgIpc) is 2.48. The Morgan fingerprint density at radius 3 is 2.52 bits per heavy atom. The van der Waals surface area contributed by atoms with Crippen LogP contribution >= 0.6 is 0 Å². The van der Waals surface area contributed by atoms with E-state index in [1.54, 1.807) is 0 Å². The first-order valence-corrected chi connectivity index (χ1v) is 7.60. The van der Waals surface area contributed by atoms with Gasteiger partial charge in [0.25, 0.3) is 0 Å². The molecule has 1 nitrogen and oxygen atoms in total. The van der Waals surface area contributed by atoms with E-state index < -0.39 is 0 Å². The second kappa shape index (κ2) is 6.26. The molecular weight excluding hydrogens is 256 g/mol. The third kappa shape index (κ3) is 3.60. The summed E-state index contributed by atoms with van der Waals surface area (Å²) < 4.78 is 0. The van der Waals surface area contributed by atoms with Crippen molar-refractivity contribution in [3.8, 4) is 0 Å². The van der Waals surface area contributed by atoms with Crippen molar-refractivity contribution in [1.82, 2.24) is 0 Å². The molecule has 0 bridgehead atoms. The van der Waals surface area contributed by atoms with E-state index in [1.807, 2.05) is 12.1 Å². The molecule has 0 unspecified atom stereocenters. The van der Waals surface area contributed by atoms with Crippen LogP contribution < -0.4 is 0 Å². The van der Waals surface area contributed by atoms with Crippen molar-refractivity contribution < 1.29 is 4.79 Å². The molecule has 0 amide bonds. The van der Waals surface area contributed by atoms with Gasteiger partial charge in [0.05, 0.1) is 0 Å². The van der Waals surface area contributed by atoms with E-state index >= 15 is 0 Å². The summed E-state index contributed by atoms with van der Waals surface area (Å²) in [7, 11) is 0. The molecule has 2 aromatic rings. The highest BCUT2D eigenvalue weighted by Gasteiger charge is 2.18. The lowest BCUT2D eigenvalue weighted by molar-refractivity contribution is 0.112. The van der Waals surface area contributed by atoms with Crippen LogP contribution in [0.15, 0.2) is 42.5 Å². The Hall–Kier alpha value is -1.89. The average molecular weight is 280 g/mol. The zero-order valence-electron chi connectivity index (χ0n) is 13.4. The predicted octanol–water partition coefficient (Wildman–Crippen LogP) is 5.09. The standard InChI is InChI=1S/C20H24O/c1-5-20(3,4)19-8-6-7-16(13-19)12-18-11-15(2)9-10-17(18)14-21/h6-11,13-14H,5,12H2,1-4H3. The normalized spacial score (nSPS) is 11.4. The van der Waals surface area contributed by atoms with Crippen LogP contribution in [0.3, 0.4) is 0 Å². The number of aldehydes is 1. The molecule has 0 N–H and O–H groups in total. The van der Waals surface area contributed by atoms with E-state index in [1.165, 1.54) is 16.7 Å². The molecular formula is C20H24O. The van der Waals surface area contributed by atoms with Gasteiger partial charge >= 0.3 is 0 Å². The smallest absolute Gasteiger partial charge is 0.150 e. The maximum atomic E-state index is 11.2. The molecule has 0 aromatic heterocycles. The van der Waals surface area contributed by atoms with Gasteiger partial charge in [0.1, 0.15) is 6.29 Å².